The Kier molecular flexibility index (Phi) is 9.11. The second kappa shape index (κ2) is 14.0. The van der Waals surface area contributed by atoms with E-state index >= 15 is 26.3 Å². The molecule has 0 aliphatic heterocycles. The molecule has 0 aliphatic rings. The molecule has 0 saturated heterocycles. The standard InChI is InChI=1S/C47H32F6N2O/c1-29-13-15-32(16-14-29)43-27-37(30-9-5-3-6-10-30)39-25-34(19-23-41(39)54-43)45(46(48,49)50,47(51,52)53)35-20-24-42-40(26-35)38(31-11-7-4-8-12-31)28-44(55-42)33-17-21-36(56-2)22-18-33/h3-28H,1-2H3. The van der Waals surface area contributed by atoms with Crippen molar-refractivity contribution >= 4 is 21.8 Å². The van der Waals surface area contributed by atoms with Gasteiger partial charge in [-0.3, -0.25) is 0 Å². The van der Waals surface area contributed by atoms with Gasteiger partial charge in [0.1, 0.15) is 5.75 Å². The molecule has 0 amide bonds. The minimum Gasteiger partial charge on any atom is -0.497 e. The molecule has 0 unspecified atom stereocenters. The number of alkyl halides is 6. The number of nitrogens with zero attached hydrogens (tertiary/aromatic N) is 2. The van der Waals surface area contributed by atoms with Crippen molar-refractivity contribution in [2.24, 2.45) is 0 Å². The first-order valence-corrected chi connectivity index (χ1v) is 17.7. The van der Waals surface area contributed by atoms with Gasteiger partial charge >= 0.3 is 12.4 Å². The average Bonchev–Trinajstić information content (AvgIpc) is 3.20. The zero-order valence-electron chi connectivity index (χ0n) is 30.1. The van der Waals surface area contributed by atoms with E-state index in [1.807, 2.05) is 31.2 Å². The maximum Gasteiger partial charge on any atom is 0.411 e. The zero-order chi connectivity index (χ0) is 39.2. The summed E-state index contributed by atoms with van der Waals surface area (Å²) < 4.78 is 100. The number of methoxy groups -OCH3 is 1. The Morgan fingerprint density at radius 2 is 0.857 bits per heavy atom. The number of pyridine rings is 2. The molecule has 0 fully saturated rings. The number of hydrogen-bond acceptors (Lipinski definition) is 3. The molecule has 6 aromatic carbocycles. The van der Waals surface area contributed by atoms with Gasteiger partial charge in [0.05, 0.1) is 29.5 Å². The Labute approximate surface area is 318 Å². The van der Waals surface area contributed by atoms with Crippen LogP contribution in [0.15, 0.2) is 158 Å². The molecular weight excluding hydrogens is 723 g/mol. The molecule has 2 aromatic heterocycles. The Morgan fingerprint density at radius 1 is 0.446 bits per heavy atom. The van der Waals surface area contributed by atoms with Crippen molar-refractivity contribution in [1.29, 1.82) is 0 Å². The quantitative estimate of drug-likeness (QED) is 0.152. The summed E-state index contributed by atoms with van der Waals surface area (Å²) in [4.78, 5) is 9.45. The predicted octanol–water partition coefficient (Wildman–Crippen LogP) is 13.2. The van der Waals surface area contributed by atoms with Crippen LogP contribution in [0.4, 0.5) is 26.3 Å². The van der Waals surface area contributed by atoms with Crippen molar-refractivity contribution in [2.45, 2.75) is 24.7 Å². The lowest BCUT2D eigenvalue weighted by atomic mass is 9.72. The summed E-state index contributed by atoms with van der Waals surface area (Å²) in [6.45, 7) is 1.94. The minimum atomic E-state index is -5.82. The smallest absolute Gasteiger partial charge is 0.411 e. The molecule has 0 N–H and O–H groups in total. The van der Waals surface area contributed by atoms with Gasteiger partial charge in [-0.1, -0.05) is 103 Å². The van der Waals surface area contributed by atoms with Crippen molar-refractivity contribution < 1.29 is 31.1 Å². The van der Waals surface area contributed by atoms with Gasteiger partial charge in [0, 0.05) is 21.9 Å². The molecule has 0 saturated carbocycles. The number of ether oxygens (including phenoxy) is 1. The molecule has 0 aliphatic carbocycles. The van der Waals surface area contributed by atoms with Gasteiger partial charge in [-0.05, 0) is 101 Å². The highest BCUT2D eigenvalue weighted by molar-refractivity contribution is 5.99. The van der Waals surface area contributed by atoms with Crippen LogP contribution in [0.25, 0.3) is 66.6 Å². The van der Waals surface area contributed by atoms with E-state index in [1.165, 1.54) is 19.2 Å². The largest absolute Gasteiger partial charge is 0.497 e. The van der Waals surface area contributed by atoms with E-state index in [-0.39, 0.29) is 21.8 Å². The minimum absolute atomic E-state index is 0.138. The molecule has 8 rings (SSSR count). The molecule has 0 bridgehead atoms. The van der Waals surface area contributed by atoms with Crippen molar-refractivity contribution in [3.8, 4) is 50.5 Å². The van der Waals surface area contributed by atoms with Crippen LogP contribution in [0.3, 0.4) is 0 Å². The van der Waals surface area contributed by atoms with E-state index in [1.54, 1.807) is 97.1 Å². The normalized spacial score (nSPS) is 12.3. The van der Waals surface area contributed by atoms with Crippen molar-refractivity contribution in [1.82, 2.24) is 9.97 Å². The Morgan fingerprint density at radius 3 is 1.25 bits per heavy atom. The zero-order valence-corrected chi connectivity index (χ0v) is 30.1. The summed E-state index contributed by atoms with van der Waals surface area (Å²) in [5.74, 6) is 0.616. The first-order valence-electron chi connectivity index (χ1n) is 17.7. The van der Waals surface area contributed by atoms with Crippen LogP contribution in [0.2, 0.25) is 0 Å². The van der Waals surface area contributed by atoms with E-state index in [4.69, 9.17) is 14.7 Å². The number of fused-ring (bicyclic) bond motifs is 2. The molecule has 56 heavy (non-hydrogen) atoms. The highest BCUT2D eigenvalue weighted by atomic mass is 19.4. The van der Waals surface area contributed by atoms with Crippen LogP contribution >= 0.6 is 0 Å². The highest BCUT2D eigenvalue weighted by Gasteiger charge is 2.72. The fourth-order valence-electron chi connectivity index (χ4n) is 7.40. The van der Waals surface area contributed by atoms with E-state index in [0.29, 0.717) is 45.0 Å². The topological polar surface area (TPSA) is 35.0 Å². The van der Waals surface area contributed by atoms with Crippen LogP contribution in [-0.4, -0.2) is 29.4 Å². The number of hydrogen-bond donors (Lipinski definition) is 0. The van der Waals surface area contributed by atoms with Crippen LogP contribution in [0.1, 0.15) is 16.7 Å². The SMILES string of the molecule is COc1ccc(-c2cc(-c3ccccc3)c3cc(C(c4ccc5nc(-c6ccc(C)cc6)cc(-c6ccccc6)c5c4)(C(F)(F)F)C(F)(F)F)ccc3n2)cc1. The predicted molar refractivity (Wildman–Crippen MR) is 209 cm³/mol. The Hall–Kier alpha value is -6.48. The average molecular weight is 755 g/mol. The monoisotopic (exact) mass is 754 g/mol. The van der Waals surface area contributed by atoms with Crippen LogP contribution in [0.5, 0.6) is 5.75 Å². The number of halogens is 6. The molecule has 3 nitrogen and oxygen atoms in total. The molecule has 278 valence electrons. The number of aromatic nitrogens is 2. The summed E-state index contributed by atoms with van der Waals surface area (Å²) in [6.07, 6.45) is -11.6. The molecular formula is C47H32F6N2O. The molecule has 0 radical (unpaired) electrons. The van der Waals surface area contributed by atoms with Crippen LogP contribution < -0.4 is 4.74 Å². The van der Waals surface area contributed by atoms with Gasteiger partial charge in [-0.25, -0.2) is 9.97 Å². The van der Waals surface area contributed by atoms with Gasteiger partial charge in [0.2, 0.25) is 5.41 Å². The van der Waals surface area contributed by atoms with Gasteiger partial charge in [-0.2, -0.15) is 26.3 Å². The lowest BCUT2D eigenvalue weighted by molar-refractivity contribution is -0.288. The van der Waals surface area contributed by atoms with E-state index in [0.717, 1.165) is 35.4 Å². The summed E-state index contributed by atoms with van der Waals surface area (Å²) >= 11 is 0. The van der Waals surface area contributed by atoms with Crippen molar-refractivity contribution in [3.05, 3.63) is 174 Å². The second-order valence-electron chi connectivity index (χ2n) is 13.6. The van der Waals surface area contributed by atoms with Crippen molar-refractivity contribution in [2.75, 3.05) is 7.11 Å². The third-order valence-electron chi connectivity index (χ3n) is 10.2. The van der Waals surface area contributed by atoms with Crippen LogP contribution in [0, 0.1) is 6.92 Å². The molecule has 0 atom stereocenters. The maximum absolute atomic E-state index is 15.8. The highest BCUT2D eigenvalue weighted by Crippen LogP contribution is 2.57. The number of rotatable bonds is 7. The fraction of sp³-hybridized carbons (Fsp3) is 0.106. The van der Waals surface area contributed by atoms with Crippen molar-refractivity contribution in [3.63, 3.8) is 0 Å². The third kappa shape index (κ3) is 6.32. The molecule has 8 aromatic rings. The summed E-state index contributed by atoms with van der Waals surface area (Å²) in [6, 6.07) is 42.0. The van der Waals surface area contributed by atoms with Gasteiger partial charge < -0.3 is 4.74 Å². The number of aryl methyl sites for hydroxylation is 1. The summed E-state index contributed by atoms with van der Waals surface area (Å²) in [5, 5.41) is 0.290. The van der Waals surface area contributed by atoms with E-state index in [2.05, 4.69) is 0 Å². The first kappa shape index (κ1) is 36.5. The van der Waals surface area contributed by atoms with Gasteiger partial charge in [0.25, 0.3) is 0 Å². The Balaban J connectivity index is 1.39. The maximum atomic E-state index is 15.8. The van der Waals surface area contributed by atoms with E-state index < -0.39 is 28.9 Å². The fourth-order valence-corrected chi connectivity index (χ4v) is 7.40. The van der Waals surface area contributed by atoms with Crippen LogP contribution in [-0.2, 0) is 5.41 Å². The lowest BCUT2D eigenvalue weighted by Crippen LogP contribution is -2.54. The summed E-state index contributed by atoms with van der Waals surface area (Å²) in [5.41, 5.74) is -0.293. The molecule has 2 heterocycles. The van der Waals surface area contributed by atoms with Gasteiger partial charge in [-0.15, -0.1) is 0 Å². The first-order chi connectivity index (χ1) is 26.9. The Bertz CT molecular complexity index is 2680. The second-order valence-corrected chi connectivity index (χ2v) is 13.6. The third-order valence-corrected chi connectivity index (χ3v) is 10.2. The lowest BCUT2D eigenvalue weighted by Gasteiger charge is -2.38. The molecule has 0 spiro atoms. The molecule has 9 heteroatoms. The summed E-state index contributed by atoms with van der Waals surface area (Å²) in [7, 11) is 1.54. The van der Waals surface area contributed by atoms with Gasteiger partial charge in [0.15, 0.2) is 0 Å². The number of benzene rings is 6. The van der Waals surface area contributed by atoms with E-state index in [9.17, 15) is 0 Å².